The molecule has 0 radical (unpaired) electrons. The van der Waals surface area contributed by atoms with Crippen LogP contribution >= 0.6 is 11.8 Å². The van der Waals surface area contributed by atoms with E-state index in [2.05, 4.69) is 5.32 Å². The van der Waals surface area contributed by atoms with Crippen LogP contribution < -0.4 is 14.8 Å². The molecule has 0 spiro atoms. The number of benzene rings is 2. The summed E-state index contributed by atoms with van der Waals surface area (Å²) >= 11 is 1.59. The van der Waals surface area contributed by atoms with Gasteiger partial charge in [0, 0.05) is 24.4 Å². The summed E-state index contributed by atoms with van der Waals surface area (Å²) in [5, 5.41) is 2.24. The first-order valence-corrected chi connectivity index (χ1v) is 8.94. The van der Waals surface area contributed by atoms with Crippen LogP contribution in [-0.4, -0.2) is 37.4 Å². The number of nitrogens with zero attached hydrogens (tertiary/aromatic N) is 1. The Hall–Kier alpha value is -2.48. The van der Waals surface area contributed by atoms with Gasteiger partial charge in [-0.1, -0.05) is 0 Å². The number of hydrogen-bond donors (Lipinski definition) is 1. The highest BCUT2D eigenvalue weighted by Gasteiger charge is 2.31. The summed E-state index contributed by atoms with van der Waals surface area (Å²) in [6, 6.07) is 8.01. The third-order valence-electron chi connectivity index (χ3n) is 3.98. The molecule has 1 aliphatic heterocycles. The predicted octanol–water partition coefficient (Wildman–Crippen LogP) is 4.26. The molecule has 2 amide bonds. The Labute approximate surface area is 154 Å². The fraction of sp³-hybridized carbons (Fsp3) is 0.278. The average Bonchev–Trinajstić information content (AvgIpc) is 3.13. The first-order valence-electron chi connectivity index (χ1n) is 7.89. The van der Waals surface area contributed by atoms with Gasteiger partial charge in [0.1, 0.15) is 28.5 Å². The van der Waals surface area contributed by atoms with Crippen molar-refractivity contribution in [2.45, 2.75) is 5.37 Å². The van der Waals surface area contributed by atoms with E-state index in [-0.39, 0.29) is 11.1 Å². The third-order valence-corrected chi connectivity index (χ3v) is 5.24. The Morgan fingerprint density at radius 3 is 2.46 bits per heavy atom. The van der Waals surface area contributed by atoms with E-state index < -0.39 is 17.7 Å². The van der Waals surface area contributed by atoms with E-state index in [9.17, 15) is 13.6 Å². The summed E-state index contributed by atoms with van der Waals surface area (Å²) in [5.41, 5.74) is 0.786. The molecule has 0 saturated carbocycles. The number of rotatable bonds is 4. The van der Waals surface area contributed by atoms with Gasteiger partial charge in [-0.15, -0.1) is 11.8 Å². The lowest BCUT2D eigenvalue weighted by Gasteiger charge is -2.25. The second-order valence-electron chi connectivity index (χ2n) is 5.62. The van der Waals surface area contributed by atoms with E-state index in [4.69, 9.17) is 9.47 Å². The number of nitrogens with one attached hydrogen (secondary N) is 1. The van der Waals surface area contributed by atoms with E-state index in [1.165, 1.54) is 6.07 Å². The first-order chi connectivity index (χ1) is 12.5. The SMILES string of the molecule is COc1cc(OC)cc([C@@H]2SCCN2C(=O)Nc2ccc(F)cc2F)c1. The van der Waals surface area contributed by atoms with Crippen molar-refractivity contribution in [3.63, 3.8) is 0 Å². The fourth-order valence-corrected chi connectivity index (χ4v) is 3.94. The molecule has 5 nitrogen and oxygen atoms in total. The standard InChI is InChI=1S/C18H18F2N2O3S/c1-24-13-7-11(8-14(10-13)25-2)17-22(5-6-26-17)18(23)21-16-4-3-12(19)9-15(16)20/h3-4,7-10,17H,5-6H2,1-2H3,(H,21,23)/t17-/m0/s1. The normalized spacial score (nSPS) is 16.5. The Kier molecular flexibility index (Phi) is 5.51. The van der Waals surface area contributed by atoms with Crippen molar-refractivity contribution in [3.05, 3.63) is 53.6 Å². The maximum Gasteiger partial charge on any atom is 0.323 e. The zero-order chi connectivity index (χ0) is 18.7. The number of amides is 2. The highest BCUT2D eigenvalue weighted by molar-refractivity contribution is 7.99. The van der Waals surface area contributed by atoms with E-state index in [1.54, 1.807) is 36.9 Å². The number of halogens is 2. The molecule has 0 aliphatic carbocycles. The topological polar surface area (TPSA) is 50.8 Å². The maximum absolute atomic E-state index is 13.8. The van der Waals surface area contributed by atoms with Crippen LogP contribution in [0.3, 0.4) is 0 Å². The van der Waals surface area contributed by atoms with E-state index in [1.807, 2.05) is 12.1 Å². The van der Waals surface area contributed by atoms with Gasteiger partial charge in [0.25, 0.3) is 0 Å². The molecule has 1 saturated heterocycles. The van der Waals surface area contributed by atoms with E-state index >= 15 is 0 Å². The summed E-state index contributed by atoms with van der Waals surface area (Å²) in [7, 11) is 3.12. The lowest BCUT2D eigenvalue weighted by molar-refractivity contribution is 0.214. The van der Waals surface area contributed by atoms with Crippen molar-refractivity contribution in [1.82, 2.24) is 4.90 Å². The smallest absolute Gasteiger partial charge is 0.323 e. The minimum absolute atomic E-state index is 0.0599. The zero-order valence-corrected chi connectivity index (χ0v) is 15.1. The second-order valence-corrected chi connectivity index (χ2v) is 6.80. The molecule has 138 valence electrons. The van der Waals surface area contributed by atoms with Gasteiger partial charge in [0.05, 0.1) is 19.9 Å². The quantitative estimate of drug-likeness (QED) is 0.861. The average molecular weight is 380 g/mol. The van der Waals surface area contributed by atoms with Gasteiger partial charge < -0.3 is 19.7 Å². The monoisotopic (exact) mass is 380 g/mol. The van der Waals surface area contributed by atoms with Gasteiger partial charge in [-0.3, -0.25) is 0 Å². The highest BCUT2D eigenvalue weighted by atomic mass is 32.2. The summed E-state index contributed by atoms with van der Waals surface area (Å²) in [6.45, 7) is 0.503. The van der Waals surface area contributed by atoms with Crippen molar-refractivity contribution >= 4 is 23.5 Å². The maximum atomic E-state index is 13.8. The molecule has 1 aliphatic rings. The molecule has 1 atom stereocenters. The number of methoxy groups -OCH3 is 2. The molecule has 8 heteroatoms. The molecule has 2 aromatic rings. The number of carbonyl (C=O) groups is 1. The molecule has 1 heterocycles. The van der Waals surface area contributed by atoms with Crippen LogP contribution in [0.4, 0.5) is 19.3 Å². The molecular weight excluding hydrogens is 362 g/mol. The van der Waals surface area contributed by atoms with Crippen LogP contribution in [0.1, 0.15) is 10.9 Å². The largest absolute Gasteiger partial charge is 0.497 e. The zero-order valence-electron chi connectivity index (χ0n) is 14.3. The van der Waals surface area contributed by atoms with Crippen LogP contribution in [-0.2, 0) is 0 Å². The van der Waals surface area contributed by atoms with Gasteiger partial charge in [0.15, 0.2) is 0 Å². The Balaban J connectivity index is 1.82. The van der Waals surface area contributed by atoms with Gasteiger partial charge in [-0.25, -0.2) is 13.6 Å². The van der Waals surface area contributed by atoms with Crippen LogP contribution in [0, 0.1) is 11.6 Å². The summed E-state index contributed by atoms with van der Waals surface area (Å²) in [5.74, 6) is 0.473. The molecule has 26 heavy (non-hydrogen) atoms. The van der Waals surface area contributed by atoms with Crippen molar-refractivity contribution in [3.8, 4) is 11.5 Å². The van der Waals surface area contributed by atoms with Crippen LogP contribution in [0.25, 0.3) is 0 Å². The van der Waals surface area contributed by atoms with Crippen LogP contribution in [0.5, 0.6) is 11.5 Å². The summed E-state index contributed by atoms with van der Waals surface area (Å²) in [6.07, 6.45) is 0. The van der Waals surface area contributed by atoms with Gasteiger partial charge in [-0.2, -0.15) is 0 Å². The van der Waals surface area contributed by atoms with Gasteiger partial charge in [0.2, 0.25) is 0 Å². The number of urea groups is 1. The van der Waals surface area contributed by atoms with Gasteiger partial charge >= 0.3 is 6.03 Å². The molecular formula is C18H18F2N2O3S. The van der Waals surface area contributed by atoms with Crippen LogP contribution in [0.15, 0.2) is 36.4 Å². The lowest BCUT2D eigenvalue weighted by atomic mass is 10.2. The molecule has 3 rings (SSSR count). The molecule has 0 bridgehead atoms. The minimum Gasteiger partial charge on any atom is -0.497 e. The summed E-state index contributed by atoms with van der Waals surface area (Å²) < 4.78 is 37.4. The highest BCUT2D eigenvalue weighted by Crippen LogP contribution is 2.40. The molecule has 0 unspecified atom stereocenters. The predicted molar refractivity (Wildman–Crippen MR) is 96.8 cm³/mol. The minimum atomic E-state index is -0.815. The van der Waals surface area contributed by atoms with Crippen molar-refractivity contribution in [2.24, 2.45) is 0 Å². The van der Waals surface area contributed by atoms with Crippen molar-refractivity contribution < 1.29 is 23.0 Å². The number of anilines is 1. The van der Waals surface area contributed by atoms with Crippen molar-refractivity contribution in [1.29, 1.82) is 0 Å². The molecule has 0 aromatic heterocycles. The third kappa shape index (κ3) is 3.85. The fourth-order valence-electron chi connectivity index (χ4n) is 2.70. The Morgan fingerprint density at radius 1 is 1.15 bits per heavy atom. The van der Waals surface area contributed by atoms with Gasteiger partial charge in [-0.05, 0) is 29.8 Å². The molecule has 2 aromatic carbocycles. The number of thioether (sulfide) groups is 1. The number of ether oxygens (including phenoxy) is 2. The summed E-state index contributed by atoms with van der Waals surface area (Å²) in [4.78, 5) is 14.2. The van der Waals surface area contributed by atoms with Crippen LogP contribution in [0.2, 0.25) is 0 Å². The Morgan fingerprint density at radius 2 is 1.85 bits per heavy atom. The molecule has 1 fully saturated rings. The second kappa shape index (κ2) is 7.82. The van der Waals surface area contributed by atoms with E-state index in [0.717, 1.165) is 23.4 Å². The first kappa shape index (κ1) is 18.3. The Bertz CT molecular complexity index is 797. The van der Waals surface area contributed by atoms with E-state index in [0.29, 0.717) is 18.0 Å². The lowest BCUT2D eigenvalue weighted by Crippen LogP contribution is -2.34. The molecule has 1 N–H and O–H groups in total. The number of carbonyl (C=O) groups excluding carboxylic acids is 1. The number of hydrogen-bond acceptors (Lipinski definition) is 4. The van der Waals surface area contributed by atoms with Crippen molar-refractivity contribution in [2.75, 3.05) is 31.8 Å².